The molecule has 1 aromatic carbocycles. The molecule has 0 saturated carbocycles. The number of halogens is 2. The summed E-state index contributed by atoms with van der Waals surface area (Å²) in [6, 6.07) is 1.93. The topological polar surface area (TPSA) is 99.3 Å². The lowest BCUT2D eigenvalue weighted by atomic mass is 9.82. The van der Waals surface area contributed by atoms with Gasteiger partial charge in [-0.15, -0.1) is 0 Å². The molecule has 3 fully saturated rings. The van der Waals surface area contributed by atoms with Crippen molar-refractivity contribution in [1.29, 1.82) is 0 Å². The van der Waals surface area contributed by atoms with Gasteiger partial charge in [0.05, 0.1) is 6.20 Å². The van der Waals surface area contributed by atoms with E-state index in [0.717, 1.165) is 12.1 Å². The molecule has 1 amide bonds. The highest BCUT2D eigenvalue weighted by Crippen LogP contribution is 2.51. The van der Waals surface area contributed by atoms with Crippen molar-refractivity contribution in [2.75, 3.05) is 13.1 Å². The van der Waals surface area contributed by atoms with Crippen molar-refractivity contribution >= 4 is 15.9 Å². The lowest BCUT2D eigenvalue weighted by Gasteiger charge is -2.26. The van der Waals surface area contributed by atoms with Gasteiger partial charge in [-0.3, -0.25) is 4.79 Å². The third-order valence-corrected chi connectivity index (χ3v) is 8.17. The van der Waals surface area contributed by atoms with Gasteiger partial charge in [-0.05, 0) is 36.8 Å². The van der Waals surface area contributed by atoms with Crippen LogP contribution in [0.2, 0.25) is 0 Å². The molecular weight excluding hydrogens is 392 g/mol. The fourth-order valence-corrected chi connectivity index (χ4v) is 7.11. The molecule has 3 aliphatic heterocycles. The first kappa shape index (κ1) is 17.7. The van der Waals surface area contributed by atoms with E-state index in [0.29, 0.717) is 32.0 Å². The molecule has 5 rings (SSSR count). The van der Waals surface area contributed by atoms with Gasteiger partial charge in [-0.25, -0.2) is 17.2 Å². The highest BCUT2D eigenvalue weighted by molar-refractivity contribution is 7.89. The normalized spacial score (nSPS) is 29.4. The second-order valence-corrected chi connectivity index (χ2v) is 9.33. The number of rotatable bonds is 3. The number of hydrogen-bond acceptors (Lipinski definition) is 5. The lowest BCUT2D eigenvalue weighted by Crippen LogP contribution is -2.41. The van der Waals surface area contributed by atoms with Gasteiger partial charge in [-0.2, -0.15) is 19.7 Å². The summed E-state index contributed by atoms with van der Waals surface area (Å²) in [6.07, 6.45) is 2.69. The van der Waals surface area contributed by atoms with E-state index >= 15 is 0 Å². The second-order valence-electron chi connectivity index (χ2n) is 7.51. The van der Waals surface area contributed by atoms with Crippen molar-refractivity contribution < 1.29 is 22.0 Å². The molecule has 148 valence electrons. The number of aromatic nitrogens is 3. The first-order valence-electron chi connectivity index (χ1n) is 9.01. The maximum atomic E-state index is 14.2. The zero-order valence-corrected chi connectivity index (χ0v) is 15.4. The molecule has 2 aromatic rings. The van der Waals surface area contributed by atoms with Crippen LogP contribution in [0.5, 0.6) is 0 Å². The molecule has 0 aliphatic carbocycles. The first-order chi connectivity index (χ1) is 13.4. The number of carbonyl (C=O) groups excluding carboxylic acids is 1. The minimum absolute atomic E-state index is 0.00659. The van der Waals surface area contributed by atoms with Crippen LogP contribution >= 0.6 is 0 Å². The number of hydrogen-bond donors (Lipinski definition) is 1. The van der Waals surface area contributed by atoms with Crippen LogP contribution < -0.4 is 0 Å². The van der Waals surface area contributed by atoms with Gasteiger partial charge in [0.2, 0.25) is 10.0 Å². The van der Waals surface area contributed by atoms with Crippen molar-refractivity contribution in [3.8, 4) is 0 Å². The van der Waals surface area contributed by atoms with E-state index in [1.54, 1.807) is 4.90 Å². The Morgan fingerprint density at radius 2 is 1.82 bits per heavy atom. The number of nitrogens with zero attached hydrogens (tertiary/aromatic N) is 4. The Bertz CT molecular complexity index is 1030. The SMILES string of the molecule is O=C(c1cn[nH]n1)N1C[C@@H]2[C@H](C1)[C@@H]1CC[C@H]2N1S(=O)(=O)c1ccc(F)cc1F. The minimum atomic E-state index is -4.08. The quantitative estimate of drug-likeness (QED) is 0.816. The van der Waals surface area contributed by atoms with E-state index in [1.165, 1.54) is 10.5 Å². The third-order valence-electron chi connectivity index (χ3n) is 6.18. The average molecular weight is 409 g/mol. The molecule has 1 N–H and O–H groups in total. The summed E-state index contributed by atoms with van der Waals surface area (Å²) in [4.78, 5) is 13.7. The molecule has 0 unspecified atom stereocenters. The van der Waals surface area contributed by atoms with E-state index in [9.17, 15) is 22.0 Å². The summed E-state index contributed by atoms with van der Waals surface area (Å²) in [5, 5.41) is 9.87. The van der Waals surface area contributed by atoms with Gasteiger partial charge in [0.25, 0.3) is 5.91 Å². The predicted octanol–water partition coefficient (Wildman–Crippen LogP) is 1.01. The van der Waals surface area contributed by atoms with E-state index in [-0.39, 0.29) is 35.5 Å². The second kappa shape index (κ2) is 6.05. The number of aromatic amines is 1. The van der Waals surface area contributed by atoms with Crippen molar-refractivity contribution in [1.82, 2.24) is 24.6 Å². The molecule has 4 atom stereocenters. The van der Waals surface area contributed by atoms with E-state index in [2.05, 4.69) is 15.4 Å². The van der Waals surface area contributed by atoms with E-state index in [1.807, 2.05) is 0 Å². The Morgan fingerprint density at radius 3 is 2.39 bits per heavy atom. The standard InChI is InChI=1S/C17H17F2N5O3S/c18-9-1-4-16(12(19)5-9)28(26,27)24-14-2-3-15(24)11-8-23(7-10(11)14)17(25)13-6-20-22-21-13/h1,4-6,10-11,14-15H,2-3,7-8H2,(H,20,21,22)/t10-,11+,14-,15+. The van der Waals surface area contributed by atoms with E-state index in [4.69, 9.17) is 0 Å². The van der Waals surface area contributed by atoms with Crippen LogP contribution in [-0.4, -0.2) is 64.1 Å². The Morgan fingerprint density at radius 1 is 1.14 bits per heavy atom. The summed E-state index contributed by atoms with van der Waals surface area (Å²) in [5.74, 6) is -2.15. The molecule has 4 heterocycles. The number of H-pyrrole nitrogens is 1. The molecule has 0 radical (unpaired) electrons. The Hall–Kier alpha value is -2.40. The van der Waals surface area contributed by atoms with Crippen molar-refractivity contribution in [3.05, 3.63) is 41.7 Å². The smallest absolute Gasteiger partial charge is 0.276 e. The summed E-state index contributed by atoms with van der Waals surface area (Å²) >= 11 is 0. The van der Waals surface area contributed by atoms with Crippen LogP contribution in [0.3, 0.4) is 0 Å². The molecule has 3 saturated heterocycles. The van der Waals surface area contributed by atoms with Gasteiger partial charge < -0.3 is 4.90 Å². The molecule has 0 spiro atoms. The first-order valence-corrected chi connectivity index (χ1v) is 10.5. The highest BCUT2D eigenvalue weighted by Gasteiger charge is 2.61. The van der Waals surface area contributed by atoms with Crippen LogP contribution in [-0.2, 0) is 10.0 Å². The average Bonchev–Trinajstić information content (AvgIpc) is 3.41. The summed E-state index contributed by atoms with van der Waals surface area (Å²) in [6.45, 7) is 0.852. The van der Waals surface area contributed by atoms with Gasteiger partial charge >= 0.3 is 0 Å². The molecule has 28 heavy (non-hydrogen) atoms. The summed E-state index contributed by atoms with van der Waals surface area (Å²) < 4.78 is 55.0. The van der Waals surface area contributed by atoms with E-state index < -0.39 is 26.6 Å². The van der Waals surface area contributed by atoms with Crippen LogP contribution in [0.25, 0.3) is 0 Å². The van der Waals surface area contributed by atoms with Crippen LogP contribution in [0.15, 0.2) is 29.3 Å². The van der Waals surface area contributed by atoms with Crippen LogP contribution in [0, 0.1) is 23.5 Å². The molecule has 1 aromatic heterocycles. The van der Waals surface area contributed by atoms with Crippen LogP contribution in [0.4, 0.5) is 8.78 Å². The number of likely N-dealkylation sites (tertiary alicyclic amines) is 1. The number of nitrogens with one attached hydrogen (secondary N) is 1. The maximum Gasteiger partial charge on any atom is 0.276 e. The molecular formula is C17H17F2N5O3S. The van der Waals surface area contributed by atoms with Gasteiger partial charge in [0, 0.05) is 31.2 Å². The maximum absolute atomic E-state index is 14.2. The van der Waals surface area contributed by atoms with Gasteiger partial charge in [0.1, 0.15) is 16.5 Å². The van der Waals surface area contributed by atoms with Crippen molar-refractivity contribution in [3.63, 3.8) is 0 Å². The largest absolute Gasteiger partial charge is 0.336 e. The fourth-order valence-electron chi connectivity index (χ4n) is 5.10. The molecule has 3 aliphatic rings. The molecule has 8 nitrogen and oxygen atoms in total. The highest BCUT2D eigenvalue weighted by atomic mass is 32.2. The summed E-state index contributed by atoms with van der Waals surface area (Å²) in [5.41, 5.74) is 0.227. The zero-order chi connectivity index (χ0) is 19.6. The summed E-state index contributed by atoms with van der Waals surface area (Å²) in [7, 11) is -4.08. The monoisotopic (exact) mass is 409 g/mol. The number of sulfonamides is 1. The number of fused-ring (bicyclic) bond motifs is 5. The van der Waals surface area contributed by atoms with Crippen molar-refractivity contribution in [2.24, 2.45) is 11.8 Å². The zero-order valence-electron chi connectivity index (χ0n) is 14.6. The Kier molecular flexibility index (Phi) is 3.82. The Balaban J connectivity index is 1.42. The fraction of sp³-hybridized carbons (Fsp3) is 0.471. The number of carbonyl (C=O) groups is 1. The number of benzene rings is 1. The molecule has 11 heteroatoms. The van der Waals surface area contributed by atoms with Gasteiger partial charge in [-0.1, -0.05) is 0 Å². The predicted molar refractivity (Wildman–Crippen MR) is 91.5 cm³/mol. The Labute approximate surface area is 159 Å². The lowest BCUT2D eigenvalue weighted by molar-refractivity contribution is 0.0767. The van der Waals surface area contributed by atoms with Gasteiger partial charge in [0.15, 0.2) is 5.69 Å². The van der Waals surface area contributed by atoms with Crippen molar-refractivity contribution in [2.45, 2.75) is 29.8 Å². The number of amides is 1. The minimum Gasteiger partial charge on any atom is -0.336 e. The van der Waals surface area contributed by atoms with Crippen LogP contribution in [0.1, 0.15) is 23.3 Å². The third kappa shape index (κ3) is 2.42. The molecule has 2 bridgehead atoms.